The van der Waals surface area contributed by atoms with Crippen molar-refractivity contribution in [2.75, 3.05) is 0 Å². The highest BCUT2D eigenvalue weighted by Crippen LogP contribution is 2.41. The number of carbonyl (C=O) groups is 2. The zero-order chi connectivity index (χ0) is 25.1. The number of nitrogens with zero attached hydrogens (tertiary/aromatic N) is 1. The first-order valence-corrected chi connectivity index (χ1v) is 12.1. The third-order valence-electron chi connectivity index (χ3n) is 7.27. The fraction of sp³-hybridized carbons (Fsp3) is 0.444. The van der Waals surface area contributed by atoms with Crippen LogP contribution in [-0.4, -0.2) is 45.0 Å². The van der Waals surface area contributed by atoms with Gasteiger partial charge in [-0.25, -0.2) is 0 Å². The molecule has 184 valence electrons. The minimum absolute atomic E-state index is 0.0874. The van der Waals surface area contributed by atoms with Crippen molar-refractivity contribution in [3.8, 4) is 5.75 Å². The van der Waals surface area contributed by atoms with Crippen LogP contribution < -0.4 is 15.4 Å². The Morgan fingerprint density at radius 3 is 2.66 bits per heavy atom. The second-order valence-corrected chi connectivity index (χ2v) is 10.9. The molecule has 2 aliphatic heterocycles. The van der Waals surface area contributed by atoms with E-state index in [4.69, 9.17) is 10.1 Å². The lowest BCUT2D eigenvalue weighted by Crippen LogP contribution is -2.60. The molecule has 0 radical (unpaired) electrons. The number of amides is 2. The van der Waals surface area contributed by atoms with Gasteiger partial charge in [-0.15, -0.1) is 0 Å². The Bertz CT molecular complexity index is 1200. The zero-order valence-corrected chi connectivity index (χ0v) is 20.5. The molecule has 35 heavy (non-hydrogen) atoms. The molecule has 2 amide bonds. The number of benzene rings is 2. The van der Waals surface area contributed by atoms with Gasteiger partial charge in [0.25, 0.3) is 5.91 Å². The van der Waals surface area contributed by atoms with E-state index in [1.54, 1.807) is 19.9 Å². The minimum Gasteiger partial charge on any atom is -0.485 e. The highest BCUT2D eigenvalue weighted by atomic mass is 16.5. The van der Waals surface area contributed by atoms with Crippen LogP contribution in [0.5, 0.6) is 5.75 Å². The van der Waals surface area contributed by atoms with Crippen molar-refractivity contribution in [2.45, 2.75) is 76.3 Å². The molecule has 0 saturated carbocycles. The Labute approximate surface area is 205 Å². The summed E-state index contributed by atoms with van der Waals surface area (Å²) in [5, 5.41) is 25.6. The first-order chi connectivity index (χ1) is 16.5. The molecule has 0 bridgehead atoms. The third kappa shape index (κ3) is 4.05. The normalized spacial score (nSPS) is 26.3. The molecular formula is C27H32N4O4. The summed E-state index contributed by atoms with van der Waals surface area (Å²) in [5.41, 5.74) is 1.83. The van der Waals surface area contributed by atoms with Crippen molar-refractivity contribution in [3.05, 3.63) is 64.7 Å². The van der Waals surface area contributed by atoms with Crippen LogP contribution >= 0.6 is 0 Å². The topological polar surface area (TPSA) is 115 Å². The van der Waals surface area contributed by atoms with Crippen molar-refractivity contribution in [1.82, 2.24) is 15.5 Å². The summed E-state index contributed by atoms with van der Waals surface area (Å²) in [6.07, 6.45) is 0.849. The van der Waals surface area contributed by atoms with Gasteiger partial charge in [-0.1, -0.05) is 24.3 Å². The summed E-state index contributed by atoms with van der Waals surface area (Å²) in [5.74, 6) is 0.340. The highest BCUT2D eigenvalue weighted by Gasteiger charge is 2.44. The number of hydrogen-bond donors (Lipinski definition) is 4. The number of carbonyl (C=O) groups excluding carboxylic acids is 2. The van der Waals surface area contributed by atoms with E-state index in [1.165, 1.54) is 4.90 Å². The number of rotatable bonds is 3. The monoisotopic (exact) mass is 476 g/mol. The van der Waals surface area contributed by atoms with Gasteiger partial charge in [0.1, 0.15) is 17.5 Å². The molecule has 3 atom stereocenters. The molecule has 1 fully saturated rings. The van der Waals surface area contributed by atoms with Crippen molar-refractivity contribution >= 4 is 17.8 Å². The van der Waals surface area contributed by atoms with Gasteiger partial charge in [-0.2, -0.15) is 0 Å². The number of para-hydroxylation sites is 1. The van der Waals surface area contributed by atoms with E-state index in [1.807, 2.05) is 50.2 Å². The number of aliphatic hydroxyl groups excluding tert-OH is 1. The Balaban J connectivity index is 1.42. The molecule has 0 aromatic heterocycles. The van der Waals surface area contributed by atoms with Crippen LogP contribution in [0.3, 0.4) is 0 Å². The van der Waals surface area contributed by atoms with E-state index in [0.29, 0.717) is 24.2 Å². The van der Waals surface area contributed by atoms with E-state index < -0.39 is 23.3 Å². The van der Waals surface area contributed by atoms with Crippen LogP contribution in [0, 0.1) is 5.41 Å². The summed E-state index contributed by atoms with van der Waals surface area (Å²) in [6.45, 7) is 7.41. The van der Waals surface area contributed by atoms with Crippen LogP contribution in [0.2, 0.25) is 0 Å². The van der Waals surface area contributed by atoms with Crippen molar-refractivity contribution in [2.24, 2.45) is 0 Å². The molecule has 8 nitrogen and oxygen atoms in total. The summed E-state index contributed by atoms with van der Waals surface area (Å²) >= 11 is 0. The van der Waals surface area contributed by atoms with E-state index in [9.17, 15) is 14.7 Å². The number of ether oxygens (including phenoxy) is 1. The fourth-order valence-corrected chi connectivity index (χ4v) is 5.46. The maximum atomic E-state index is 13.4. The van der Waals surface area contributed by atoms with Crippen LogP contribution in [0.4, 0.5) is 0 Å². The highest BCUT2D eigenvalue weighted by molar-refractivity contribution is 6.00. The molecule has 5 rings (SSSR count). The molecular weight excluding hydrogens is 444 g/mol. The lowest BCUT2D eigenvalue weighted by atomic mass is 9.86. The molecule has 8 heteroatoms. The Morgan fingerprint density at radius 1 is 1.17 bits per heavy atom. The van der Waals surface area contributed by atoms with Gasteiger partial charge in [0.15, 0.2) is 5.96 Å². The van der Waals surface area contributed by atoms with Gasteiger partial charge in [-0.3, -0.25) is 19.9 Å². The Kier molecular flexibility index (Phi) is 5.40. The predicted octanol–water partition coefficient (Wildman–Crippen LogP) is 3.21. The van der Waals surface area contributed by atoms with Crippen molar-refractivity contribution in [3.63, 3.8) is 0 Å². The molecule has 2 heterocycles. The van der Waals surface area contributed by atoms with Gasteiger partial charge in [0.05, 0.1) is 12.1 Å². The molecule has 1 saturated heterocycles. The summed E-state index contributed by atoms with van der Waals surface area (Å²) in [7, 11) is 0. The van der Waals surface area contributed by atoms with Gasteiger partial charge in [0.2, 0.25) is 5.91 Å². The first-order valence-electron chi connectivity index (χ1n) is 12.1. The van der Waals surface area contributed by atoms with E-state index >= 15 is 0 Å². The Hall–Kier alpha value is -3.39. The second kappa shape index (κ2) is 8.09. The van der Waals surface area contributed by atoms with Crippen LogP contribution in [0.25, 0.3) is 0 Å². The summed E-state index contributed by atoms with van der Waals surface area (Å²) in [4.78, 5) is 27.8. The third-order valence-corrected chi connectivity index (χ3v) is 7.27. The van der Waals surface area contributed by atoms with Crippen molar-refractivity contribution in [1.29, 1.82) is 5.41 Å². The Morgan fingerprint density at radius 2 is 1.91 bits per heavy atom. The maximum absolute atomic E-state index is 13.4. The minimum atomic E-state index is -0.940. The number of aryl methyl sites for hydroxylation is 1. The number of nitrogens with one attached hydrogen (secondary N) is 3. The first kappa shape index (κ1) is 23.4. The maximum Gasteiger partial charge on any atom is 0.251 e. The van der Waals surface area contributed by atoms with Crippen LogP contribution in [-0.2, 0) is 11.2 Å². The van der Waals surface area contributed by atoms with Crippen LogP contribution in [0.1, 0.15) is 79.7 Å². The quantitative estimate of drug-likeness (QED) is 0.543. The molecule has 2 aromatic carbocycles. The van der Waals surface area contributed by atoms with E-state index in [2.05, 4.69) is 10.6 Å². The standard InChI is InChI=1S/C27H32N4O4/c1-26(2)14-21(32)31(25(28)30-26)19-12-11-15-9-10-16(13-18(15)19)24(34)29-22-17-7-5-6-8-20(17)35-27(3,4)23(22)33/h5-10,13,19,22-23,33H,11-12,14H2,1-4H3,(H2,28,30)(H,29,34)/t19-,22-,23+/m1/s1. The molecule has 3 aliphatic rings. The summed E-state index contributed by atoms with van der Waals surface area (Å²) in [6, 6.07) is 12.0. The lowest BCUT2D eigenvalue weighted by molar-refractivity contribution is -0.132. The zero-order valence-electron chi connectivity index (χ0n) is 20.5. The molecule has 0 unspecified atom stereocenters. The fourth-order valence-electron chi connectivity index (χ4n) is 5.46. The largest absolute Gasteiger partial charge is 0.485 e. The number of guanidine groups is 1. The molecule has 0 spiro atoms. The lowest BCUT2D eigenvalue weighted by Gasteiger charge is -2.42. The molecule has 1 aliphatic carbocycles. The average Bonchev–Trinajstić information content (AvgIpc) is 3.18. The van der Waals surface area contributed by atoms with Gasteiger partial charge in [-0.05, 0) is 69.9 Å². The number of aliphatic hydroxyl groups is 1. The van der Waals surface area contributed by atoms with Gasteiger partial charge >= 0.3 is 0 Å². The number of hydrogen-bond acceptors (Lipinski definition) is 5. The van der Waals surface area contributed by atoms with E-state index in [0.717, 1.165) is 23.1 Å². The van der Waals surface area contributed by atoms with Gasteiger partial charge < -0.3 is 20.5 Å². The average molecular weight is 477 g/mol. The number of fused-ring (bicyclic) bond motifs is 2. The van der Waals surface area contributed by atoms with Crippen LogP contribution in [0.15, 0.2) is 42.5 Å². The van der Waals surface area contributed by atoms with E-state index in [-0.39, 0.29) is 23.8 Å². The SMILES string of the molecule is CC1(C)CC(=O)N([C@@H]2CCc3ccc(C(=O)N[C@@H]4c5ccccc5OC(C)(C)[C@H]4O)cc32)C(=N)N1. The molecule has 2 aromatic rings. The summed E-state index contributed by atoms with van der Waals surface area (Å²) < 4.78 is 5.96. The van der Waals surface area contributed by atoms with Gasteiger partial charge in [0, 0.05) is 23.1 Å². The molecule has 4 N–H and O–H groups in total. The predicted molar refractivity (Wildman–Crippen MR) is 131 cm³/mol. The smallest absolute Gasteiger partial charge is 0.251 e. The second-order valence-electron chi connectivity index (χ2n) is 10.9. The van der Waals surface area contributed by atoms with Crippen molar-refractivity contribution < 1.29 is 19.4 Å².